The Hall–Kier alpha value is -0.0800. The summed E-state index contributed by atoms with van der Waals surface area (Å²) in [5.74, 6) is 0. The zero-order valence-electron chi connectivity index (χ0n) is 9.63. The van der Waals surface area contributed by atoms with Crippen LogP contribution in [0.3, 0.4) is 0 Å². The van der Waals surface area contributed by atoms with E-state index in [9.17, 15) is 0 Å². The van der Waals surface area contributed by atoms with Crippen molar-refractivity contribution in [3.05, 3.63) is 0 Å². The van der Waals surface area contributed by atoms with Crippen LogP contribution in [0.5, 0.6) is 0 Å². The van der Waals surface area contributed by atoms with Crippen LogP contribution < -0.4 is 5.73 Å². The van der Waals surface area contributed by atoms with Gasteiger partial charge in [0, 0.05) is 18.6 Å². The Labute approximate surface area is 87.8 Å². The SMILES string of the molecule is CN(CC1(C)CC1)C1CCC(N)CC1. The summed E-state index contributed by atoms with van der Waals surface area (Å²) in [5.41, 5.74) is 6.58. The van der Waals surface area contributed by atoms with Crippen LogP contribution in [0.2, 0.25) is 0 Å². The zero-order valence-corrected chi connectivity index (χ0v) is 9.63. The monoisotopic (exact) mass is 196 g/mol. The Morgan fingerprint density at radius 3 is 2.29 bits per heavy atom. The van der Waals surface area contributed by atoms with E-state index in [0.717, 1.165) is 6.04 Å². The number of hydrogen-bond acceptors (Lipinski definition) is 2. The largest absolute Gasteiger partial charge is 0.328 e. The Balaban J connectivity index is 1.77. The minimum absolute atomic E-state index is 0.483. The lowest BCUT2D eigenvalue weighted by atomic mass is 9.90. The van der Waals surface area contributed by atoms with E-state index >= 15 is 0 Å². The number of nitrogens with two attached hydrogens (primary N) is 1. The molecule has 0 heterocycles. The molecule has 14 heavy (non-hydrogen) atoms. The molecule has 2 fully saturated rings. The topological polar surface area (TPSA) is 29.3 Å². The van der Waals surface area contributed by atoms with Crippen LogP contribution in [0.1, 0.15) is 45.4 Å². The Morgan fingerprint density at radius 2 is 1.79 bits per heavy atom. The van der Waals surface area contributed by atoms with E-state index in [-0.39, 0.29) is 0 Å². The highest BCUT2D eigenvalue weighted by molar-refractivity contribution is 4.92. The predicted molar refractivity (Wildman–Crippen MR) is 60.2 cm³/mol. The Bertz CT molecular complexity index is 190. The average Bonchev–Trinajstić information content (AvgIpc) is 2.84. The van der Waals surface area contributed by atoms with Crippen molar-refractivity contribution in [1.82, 2.24) is 4.90 Å². The number of nitrogens with zero attached hydrogens (tertiary/aromatic N) is 1. The lowest BCUT2D eigenvalue weighted by Gasteiger charge is -2.35. The molecular weight excluding hydrogens is 172 g/mol. The second-order valence-electron chi connectivity index (χ2n) is 5.79. The Kier molecular flexibility index (Phi) is 2.85. The van der Waals surface area contributed by atoms with E-state index in [1.165, 1.54) is 45.1 Å². The molecule has 2 saturated carbocycles. The smallest absolute Gasteiger partial charge is 0.00935 e. The summed E-state index contributed by atoms with van der Waals surface area (Å²) in [6, 6.07) is 1.29. The van der Waals surface area contributed by atoms with Crippen molar-refractivity contribution >= 4 is 0 Å². The quantitative estimate of drug-likeness (QED) is 0.748. The summed E-state index contributed by atoms with van der Waals surface area (Å²) >= 11 is 0. The molecule has 2 nitrogen and oxygen atoms in total. The summed E-state index contributed by atoms with van der Waals surface area (Å²) in [6.07, 6.45) is 7.95. The van der Waals surface area contributed by atoms with Crippen molar-refractivity contribution in [2.24, 2.45) is 11.1 Å². The molecule has 2 aliphatic carbocycles. The van der Waals surface area contributed by atoms with Gasteiger partial charge < -0.3 is 10.6 Å². The van der Waals surface area contributed by atoms with E-state index in [4.69, 9.17) is 5.73 Å². The fourth-order valence-corrected chi connectivity index (χ4v) is 2.65. The lowest BCUT2D eigenvalue weighted by Crippen LogP contribution is -2.40. The molecule has 0 saturated heterocycles. The molecule has 0 aromatic carbocycles. The minimum Gasteiger partial charge on any atom is -0.328 e. The van der Waals surface area contributed by atoms with Gasteiger partial charge in [0.05, 0.1) is 0 Å². The predicted octanol–water partition coefficient (Wildman–Crippen LogP) is 1.99. The highest BCUT2D eigenvalue weighted by atomic mass is 15.1. The molecule has 0 aromatic heterocycles. The highest BCUT2D eigenvalue weighted by Gasteiger charge is 2.39. The van der Waals surface area contributed by atoms with E-state index < -0.39 is 0 Å². The summed E-state index contributed by atoms with van der Waals surface area (Å²) in [4.78, 5) is 2.58. The van der Waals surface area contributed by atoms with Crippen LogP contribution in [-0.2, 0) is 0 Å². The molecule has 2 N–H and O–H groups in total. The van der Waals surface area contributed by atoms with Crippen LogP contribution in [0.25, 0.3) is 0 Å². The minimum atomic E-state index is 0.483. The van der Waals surface area contributed by atoms with Crippen molar-refractivity contribution in [2.75, 3.05) is 13.6 Å². The van der Waals surface area contributed by atoms with Crippen molar-refractivity contribution in [2.45, 2.75) is 57.5 Å². The van der Waals surface area contributed by atoms with Crippen molar-refractivity contribution < 1.29 is 0 Å². The number of rotatable bonds is 3. The van der Waals surface area contributed by atoms with Gasteiger partial charge in [0.15, 0.2) is 0 Å². The maximum atomic E-state index is 5.92. The van der Waals surface area contributed by atoms with E-state index in [1.54, 1.807) is 0 Å². The van der Waals surface area contributed by atoms with Gasteiger partial charge in [0.25, 0.3) is 0 Å². The molecule has 2 aliphatic rings. The van der Waals surface area contributed by atoms with Crippen LogP contribution in [0.4, 0.5) is 0 Å². The third-order valence-corrected chi connectivity index (χ3v) is 4.10. The molecule has 82 valence electrons. The summed E-state index contributed by atoms with van der Waals surface area (Å²) in [5, 5.41) is 0. The molecule has 2 rings (SSSR count). The van der Waals surface area contributed by atoms with Crippen molar-refractivity contribution in [3.8, 4) is 0 Å². The molecule has 0 radical (unpaired) electrons. The van der Waals surface area contributed by atoms with Crippen LogP contribution in [-0.4, -0.2) is 30.6 Å². The Morgan fingerprint density at radius 1 is 1.21 bits per heavy atom. The first-order valence-corrected chi connectivity index (χ1v) is 6.05. The first-order valence-electron chi connectivity index (χ1n) is 6.05. The first kappa shape index (κ1) is 10.4. The highest BCUT2D eigenvalue weighted by Crippen LogP contribution is 2.45. The average molecular weight is 196 g/mol. The maximum Gasteiger partial charge on any atom is 0.00935 e. The lowest BCUT2D eigenvalue weighted by molar-refractivity contribution is 0.157. The molecule has 0 bridgehead atoms. The molecule has 0 atom stereocenters. The van der Waals surface area contributed by atoms with Gasteiger partial charge in [-0.2, -0.15) is 0 Å². The molecular formula is C12H24N2. The van der Waals surface area contributed by atoms with E-state index in [2.05, 4.69) is 18.9 Å². The van der Waals surface area contributed by atoms with Gasteiger partial charge in [-0.25, -0.2) is 0 Å². The fraction of sp³-hybridized carbons (Fsp3) is 1.00. The van der Waals surface area contributed by atoms with Gasteiger partial charge in [0.1, 0.15) is 0 Å². The standard InChI is InChI=1S/C12H24N2/c1-12(7-8-12)9-14(2)11-5-3-10(13)4-6-11/h10-11H,3-9,13H2,1-2H3. The number of hydrogen-bond donors (Lipinski definition) is 1. The second-order valence-corrected chi connectivity index (χ2v) is 5.79. The molecule has 0 spiro atoms. The third kappa shape index (κ3) is 2.48. The van der Waals surface area contributed by atoms with Gasteiger partial charge in [-0.3, -0.25) is 0 Å². The summed E-state index contributed by atoms with van der Waals surface area (Å²) in [7, 11) is 2.30. The van der Waals surface area contributed by atoms with E-state index in [0.29, 0.717) is 11.5 Å². The van der Waals surface area contributed by atoms with Gasteiger partial charge >= 0.3 is 0 Å². The van der Waals surface area contributed by atoms with Crippen LogP contribution in [0, 0.1) is 5.41 Å². The van der Waals surface area contributed by atoms with Gasteiger partial charge in [0.2, 0.25) is 0 Å². The molecule has 0 aliphatic heterocycles. The maximum absolute atomic E-state index is 5.92. The summed E-state index contributed by atoms with van der Waals surface area (Å²) < 4.78 is 0. The molecule has 0 amide bonds. The molecule has 0 unspecified atom stereocenters. The molecule has 0 aromatic rings. The van der Waals surface area contributed by atoms with Gasteiger partial charge in [-0.1, -0.05) is 6.92 Å². The zero-order chi connectivity index (χ0) is 10.2. The van der Waals surface area contributed by atoms with Crippen molar-refractivity contribution in [1.29, 1.82) is 0 Å². The van der Waals surface area contributed by atoms with Crippen LogP contribution >= 0.6 is 0 Å². The van der Waals surface area contributed by atoms with E-state index in [1.807, 2.05) is 0 Å². The molecule has 2 heteroatoms. The third-order valence-electron chi connectivity index (χ3n) is 4.10. The first-order chi connectivity index (χ1) is 6.59. The second kappa shape index (κ2) is 3.82. The normalized spacial score (nSPS) is 36.0. The van der Waals surface area contributed by atoms with Gasteiger partial charge in [-0.15, -0.1) is 0 Å². The fourth-order valence-electron chi connectivity index (χ4n) is 2.65. The summed E-state index contributed by atoms with van der Waals surface area (Å²) in [6.45, 7) is 3.71. The van der Waals surface area contributed by atoms with Gasteiger partial charge in [-0.05, 0) is 51.0 Å². The van der Waals surface area contributed by atoms with Crippen LogP contribution in [0.15, 0.2) is 0 Å². The van der Waals surface area contributed by atoms with Crippen molar-refractivity contribution in [3.63, 3.8) is 0 Å².